The van der Waals surface area contributed by atoms with E-state index in [4.69, 9.17) is 14.6 Å². The van der Waals surface area contributed by atoms with Crippen LogP contribution in [-0.4, -0.2) is 41.3 Å². The number of nitrogens with one attached hydrogen (secondary N) is 1. The topological polar surface area (TPSA) is 108 Å². The molecule has 0 spiro atoms. The fourth-order valence-electron chi connectivity index (χ4n) is 1.31. The van der Waals surface area contributed by atoms with Gasteiger partial charge in [-0.05, 0) is 18.2 Å². The number of methoxy groups -OCH3 is 1. The van der Waals surface area contributed by atoms with Crippen LogP contribution in [0.3, 0.4) is 0 Å². The van der Waals surface area contributed by atoms with Gasteiger partial charge >= 0.3 is 0 Å². The SMILES string of the molecule is COCCOCC(=O)Nc1ccc(S(N)(=O)=O)c(F)c1. The Balaban J connectivity index is 2.61. The highest BCUT2D eigenvalue weighted by molar-refractivity contribution is 7.89. The molecule has 0 atom stereocenters. The van der Waals surface area contributed by atoms with Crippen molar-refractivity contribution in [3.05, 3.63) is 24.0 Å². The number of sulfonamides is 1. The number of hydrogen-bond donors (Lipinski definition) is 2. The maximum Gasteiger partial charge on any atom is 0.250 e. The lowest BCUT2D eigenvalue weighted by molar-refractivity contribution is -0.121. The van der Waals surface area contributed by atoms with Crippen molar-refractivity contribution in [3.8, 4) is 0 Å². The van der Waals surface area contributed by atoms with Crippen molar-refractivity contribution in [1.29, 1.82) is 0 Å². The molecule has 0 unspecified atom stereocenters. The van der Waals surface area contributed by atoms with Gasteiger partial charge in [-0.3, -0.25) is 4.79 Å². The molecule has 1 rings (SSSR count). The summed E-state index contributed by atoms with van der Waals surface area (Å²) in [5.41, 5.74) is 0.107. The third-order valence-electron chi connectivity index (χ3n) is 2.19. The van der Waals surface area contributed by atoms with E-state index in [2.05, 4.69) is 5.32 Å². The van der Waals surface area contributed by atoms with Crippen molar-refractivity contribution in [2.75, 3.05) is 32.2 Å². The van der Waals surface area contributed by atoms with Crippen LogP contribution in [0.1, 0.15) is 0 Å². The zero-order chi connectivity index (χ0) is 15.2. The lowest BCUT2D eigenvalue weighted by Crippen LogP contribution is -2.20. The van der Waals surface area contributed by atoms with Crippen LogP contribution in [0.2, 0.25) is 0 Å². The highest BCUT2D eigenvalue weighted by Gasteiger charge is 2.15. The van der Waals surface area contributed by atoms with E-state index in [-0.39, 0.29) is 18.9 Å². The van der Waals surface area contributed by atoms with Crippen molar-refractivity contribution in [3.63, 3.8) is 0 Å². The molecule has 9 heteroatoms. The standard InChI is InChI=1S/C11H15FN2O5S/c1-18-4-5-19-7-11(15)14-8-2-3-10(9(12)6-8)20(13,16)17/h2-3,6H,4-5,7H2,1H3,(H,14,15)(H2,13,16,17). The van der Waals surface area contributed by atoms with Gasteiger partial charge in [0, 0.05) is 12.8 Å². The number of carbonyl (C=O) groups excluding carboxylic acids is 1. The number of hydrogen-bond acceptors (Lipinski definition) is 5. The van der Waals surface area contributed by atoms with Gasteiger partial charge in [-0.1, -0.05) is 0 Å². The highest BCUT2D eigenvalue weighted by Crippen LogP contribution is 2.17. The van der Waals surface area contributed by atoms with Gasteiger partial charge in [0.1, 0.15) is 17.3 Å². The minimum absolute atomic E-state index is 0.107. The van der Waals surface area contributed by atoms with Crippen LogP contribution in [-0.2, 0) is 24.3 Å². The second kappa shape index (κ2) is 7.29. The van der Waals surface area contributed by atoms with Gasteiger partial charge < -0.3 is 14.8 Å². The summed E-state index contributed by atoms with van der Waals surface area (Å²) in [4.78, 5) is 10.8. The van der Waals surface area contributed by atoms with Gasteiger partial charge in [0.15, 0.2) is 0 Å². The van der Waals surface area contributed by atoms with E-state index >= 15 is 0 Å². The number of carbonyl (C=O) groups is 1. The normalized spacial score (nSPS) is 11.3. The summed E-state index contributed by atoms with van der Waals surface area (Å²) in [5, 5.41) is 7.17. The molecule has 1 amide bonds. The largest absolute Gasteiger partial charge is 0.382 e. The minimum Gasteiger partial charge on any atom is -0.382 e. The Bertz CT molecular complexity index is 576. The van der Waals surface area contributed by atoms with Crippen LogP contribution >= 0.6 is 0 Å². The fourth-order valence-corrected chi connectivity index (χ4v) is 1.90. The van der Waals surface area contributed by atoms with Crippen LogP contribution in [0.15, 0.2) is 23.1 Å². The monoisotopic (exact) mass is 306 g/mol. The van der Waals surface area contributed by atoms with Crippen molar-refractivity contribution < 1.29 is 27.1 Å². The Kier molecular flexibility index (Phi) is 6.02. The second-order valence-corrected chi connectivity index (χ2v) is 5.31. The number of amides is 1. The van der Waals surface area contributed by atoms with Crippen LogP contribution in [0.25, 0.3) is 0 Å². The van der Waals surface area contributed by atoms with Gasteiger partial charge in [0.2, 0.25) is 15.9 Å². The third-order valence-corrected chi connectivity index (χ3v) is 3.13. The van der Waals surface area contributed by atoms with E-state index in [0.29, 0.717) is 6.61 Å². The molecule has 1 aromatic carbocycles. The first-order valence-corrected chi connectivity index (χ1v) is 7.08. The molecule has 0 aliphatic rings. The van der Waals surface area contributed by atoms with Crippen LogP contribution in [0.4, 0.5) is 10.1 Å². The Morgan fingerprint density at radius 1 is 1.40 bits per heavy atom. The number of anilines is 1. The first kappa shape index (κ1) is 16.5. The third kappa shape index (κ3) is 5.21. The average Bonchev–Trinajstić information content (AvgIpc) is 2.33. The summed E-state index contributed by atoms with van der Waals surface area (Å²) >= 11 is 0. The molecule has 0 radical (unpaired) electrons. The molecule has 0 saturated heterocycles. The zero-order valence-electron chi connectivity index (χ0n) is 10.8. The second-order valence-electron chi connectivity index (χ2n) is 3.78. The average molecular weight is 306 g/mol. The quantitative estimate of drug-likeness (QED) is 0.693. The molecule has 20 heavy (non-hydrogen) atoms. The lowest BCUT2D eigenvalue weighted by atomic mass is 10.3. The number of primary sulfonamides is 1. The maximum atomic E-state index is 13.5. The number of halogens is 1. The summed E-state index contributed by atoms with van der Waals surface area (Å²) in [7, 11) is -2.63. The molecule has 0 saturated carbocycles. The molecular weight excluding hydrogens is 291 g/mol. The number of benzene rings is 1. The molecule has 7 nitrogen and oxygen atoms in total. The van der Waals surface area contributed by atoms with Crippen LogP contribution in [0.5, 0.6) is 0 Å². The van der Waals surface area contributed by atoms with Gasteiger partial charge in [0.25, 0.3) is 0 Å². The molecule has 0 heterocycles. The molecular formula is C11H15FN2O5S. The van der Waals surface area contributed by atoms with Crippen molar-refractivity contribution in [2.45, 2.75) is 4.90 Å². The number of nitrogens with two attached hydrogens (primary N) is 1. The molecule has 3 N–H and O–H groups in total. The highest BCUT2D eigenvalue weighted by atomic mass is 32.2. The Morgan fingerprint density at radius 2 is 2.10 bits per heavy atom. The summed E-state index contributed by atoms with van der Waals surface area (Å²) in [6.07, 6.45) is 0. The van der Waals surface area contributed by atoms with Gasteiger partial charge in [-0.2, -0.15) is 0 Å². The van der Waals surface area contributed by atoms with E-state index in [1.54, 1.807) is 0 Å². The fraction of sp³-hybridized carbons (Fsp3) is 0.364. The molecule has 0 aromatic heterocycles. The maximum absolute atomic E-state index is 13.5. The van der Waals surface area contributed by atoms with E-state index in [1.165, 1.54) is 13.2 Å². The van der Waals surface area contributed by atoms with Gasteiger partial charge in [0.05, 0.1) is 13.2 Å². The summed E-state index contributed by atoms with van der Waals surface area (Å²) in [6.45, 7) is 0.384. The minimum atomic E-state index is -4.13. The number of rotatable bonds is 7. The van der Waals surface area contributed by atoms with Gasteiger partial charge in [-0.15, -0.1) is 0 Å². The molecule has 0 bridgehead atoms. The van der Waals surface area contributed by atoms with E-state index in [0.717, 1.165) is 12.1 Å². The summed E-state index contributed by atoms with van der Waals surface area (Å²) in [6, 6.07) is 3.08. The Hall–Kier alpha value is -1.55. The molecule has 0 aliphatic heterocycles. The van der Waals surface area contributed by atoms with Gasteiger partial charge in [-0.25, -0.2) is 17.9 Å². The van der Waals surface area contributed by atoms with Crippen LogP contribution in [0, 0.1) is 5.82 Å². The smallest absolute Gasteiger partial charge is 0.250 e. The number of ether oxygens (including phenoxy) is 2. The van der Waals surface area contributed by atoms with E-state index < -0.39 is 26.6 Å². The molecule has 1 aromatic rings. The predicted molar refractivity (Wildman–Crippen MR) is 69.1 cm³/mol. The zero-order valence-corrected chi connectivity index (χ0v) is 11.6. The van der Waals surface area contributed by atoms with Crippen molar-refractivity contribution >= 4 is 21.6 Å². The molecule has 0 fully saturated rings. The summed E-state index contributed by atoms with van der Waals surface area (Å²) < 4.78 is 45.2. The first-order valence-electron chi connectivity index (χ1n) is 5.53. The van der Waals surface area contributed by atoms with Crippen molar-refractivity contribution in [2.24, 2.45) is 5.14 Å². The predicted octanol–water partition coefficient (Wildman–Crippen LogP) is 0.0746. The Morgan fingerprint density at radius 3 is 2.65 bits per heavy atom. The van der Waals surface area contributed by atoms with Crippen molar-refractivity contribution in [1.82, 2.24) is 0 Å². The lowest BCUT2D eigenvalue weighted by Gasteiger charge is -2.07. The molecule has 0 aliphatic carbocycles. The first-order chi connectivity index (χ1) is 9.34. The Labute approximate surface area is 115 Å². The van der Waals surface area contributed by atoms with E-state index in [9.17, 15) is 17.6 Å². The summed E-state index contributed by atoms with van der Waals surface area (Å²) in [5.74, 6) is -1.53. The van der Waals surface area contributed by atoms with Crippen LogP contribution < -0.4 is 10.5 Å². The van der Waals surface area contributed by atoms with E-state index in [1.807, 2.05) is 0 Å². The molecule has 112 valence electrons.